The van der Waals surface area contributed by atoms with Crippen LogP contribution >= 0.6 is 0 Å². The third-order valence-electron chi connectivity index (χ3n) is 3.57. The number of amides is 3. The van der Waals surface area contributed by atoms with E-state index in [-0.39, 0.29) is 18.8 Å². The number of ether oxygens (including phenoxy) is 1. The number of hydrogen-bond acceptors (Lipinski definition) is 6. The van der Waals surface area contributed by atoms with Crippen molar-refractivity contribution >= 4 is 17.9 Å². The van der Waals surface area contributed by atoms with Gasteiger partial charge in [-0.05, 0) is 12.5 Å². The fraction of sp³-hybridized carbons (Fsp3) is 0.250. The maximum absolute atomic E-state index is 12.3. The van der Waals surface area contributed by atoms with Gasteiger partial charge in [-0.2, -0.15) is 0 Å². The van der Waals surface area contributed by atoms with Gasteiger partial charge in [-0.15, -0.1) is 0 Å². The van der Waals surface area contributed by atoms with Gasteiger partial charge in [0.1, 0.15) is 5.76 Å². The number of benzene rings is 1. The number of imide groups is 1. The second kappa shape index (κ2) is 6.53. The van der Waals surface area contributed by atoms with Crippen molar-refractivity contribution < 1.29 is 23.6 Å². The molecule has 2 heterocycles. The van der Waals surface area contributed by atoms with Gasteiger partial charge in [0.25, 0.3) is 11.8 Å². The van der Waals surface area contributed by atoms with E-state index in [0.717, 1.165) is 10.5 Å². The monoisotopic (exact) mass is 329 g/mol. The van der Waals surface area contributed by atoms with E-state index >= 15 is 0 Å². The largest absolute Gasteiger partial charge is 0.439 e. The zero-order chi connectivity index (χ0) is 17.1. The molecule has 0 spiro atoms. The first-order valence-corrected chi connectivity index (χ1v) is 7.31. The Morgan fingerprint density at radius 2 is 2.08 bits per heavy atom. The number of carbonyl (C=O) groups is 3. The van der Waals surface area contributed by atoms with Crippen LogP contribution in [0.1, 0.15) is 27.9 Å². The summed E-state index contributed by atoms with van der Waals surface area (Å²) in [4.78, 5) is 36.7. The number of cyclic esters (lactones) is 1. The summed E-state index contributed by atoms with van der Waals surface area (Å²) < 4.78 is 9.60. The third kappa shape index (κ3) is 3.27. The van der Waals surface area contributed by atoms with Gasteiger partial charge >= 0.3 is 6.09 Å². The number of hydrogen-bond donors (Lipinski definition) is 1. The molecule has 1 aromatic heterocycles. The molecule has 3 rings (SSSR count). The number of aromatic nitrogens is 1. The lowest BCUT2D eigenvalue weighted by atomic mass is 10.1. The first-order valence-electron chi connectivity index (χ1n) is 7.31. The standard InChI is InChI=1S/C16H15N3O5/c1-10-7-12(18-24-10)15(21)17-13(11-5-3-2-4-6-11)8-19-14(20)9-23-16(19)22/h2-7,13H,8-9H2,1H3,(H,17,21)/t13-/m0/s1. The summed E-state index contributed by atoms with van der Waals surface area (Å²) in [5, 5.41) is 6.43. The Morgan fingerprint density at radius 1 is 1.33 bits per heavy atom. The molecule has 1 aliphatic rings. The van der Waals surface area contributed by atoms with Crippen molar-refractivity contribution in [3.8, 4) is 0 Å². The Bertz CT molecular complexity index is 755. The number of nitrogens with zero attached hydrogens (tertiary/aromatic N) is 2. The molecule has 0 bridgehead atoms. The molecule has 1 aromatic carbocycles. The summed E-state index contributed by atoms with van der Waals surface area (Å²) >= 11 is 0. The molecule has 1 fully saturated rings. The summed E-state index contributed by atoms with van der Waals surface area (Å²) in [5.41, 5.74) is 0.877. The van der Waals surface area contributed by atoms with Crippen LogP contribution in [0.4, 0.5) is 4.79 Å². The first kappa shape index (κ1) is 15.7. The van der Waals surface area contributed by atoms with Crippen LogP contribution in [0, 0.1) is 6.92 Å². The van der Waals surface area contributed by atoms with Crippen molar-refractivity contribution in [3.63, 3.8) is 0 Å². The van der Waals surface area contributed by atoms with E-state index in [9.17, 15) is 14.4 Å². The van der Waals surface area contributed by atoms with Crippen molar-refractivity contribution in [2.24, 2.45) is 0 Å². The van der Waals surface area contributed by atoms with Crippen LogP contribution in [-0.2, 0) is 9.53 Å². The molecule has 8 heteroatoms. The Labute approximate surface area is 137 Å². The van der Waals surface area contributed by atoms with E-state index in [4.69, 9.17) is 9.26 Å². The molecule has 0 radical (unpaired) electrons. The molecular formula is C16H15N3O5. The van der Waals surface area contributed by atoms with Gasteiger partial charge in [-0.25, -0.2) is 9.69 Å². The van der Waals surface area contributed by atoms with Gasteiger partial charge in [0.05, 0.1) is 12.6 Å². The highest BCUT2D eigenvalue weighted by molar-refractivity contribution is 5.98. The summed E-state index contributed by atoms with van der Waals surface area (Å²) in [6.45, 7) is 1.37. The van der Waals surface area contributed by atoms with Crippen LogP contribution in [0.3, 0.4) is 0 Å². The minimum absolute atomic E-state index is 0.0236. The molecule has 1 aliphatic heterocycles. The smallest absolute Gasteiger partial charge is 0.417 e. The Kier molecular flexibility index (Phi) is 4.28. The Balaban J connectivity index is 1.81. The molecular weight excluding hydrogens is 314 g/mol. The average Bonchev–Trinajstić information content (AvgIpc) is 3.15. The van der Waals surface area contributed by atoms with Gasteiger partial charge in [0.15, 0.2) is 12.3 Å². The fourth-order valence-electron chi connectivity index (χ4n) is 2.37. The third-order valence-corrected chi connectivity index (χ3v) is 3.57. The van der Waals surface area contributed by atoms with Crippen molar-refractivity contribution in [2.45, 2.75) is 13.0 Å². The van der Waals surface area contributed by atoms with Crippen LogP contribution in [0.2, 0.25) is 0 Å². The summed E-state index contributed by atoms with van der Waals surface area (Å²) in [5.74, 6) is -0.386. The number of aryl methyl sites for hydroxylation is 1. The van der Waals surface area contributed by atoms with E-state index in [1.54, 1.807) is 31.2 Å². The SMILES string of the molecule is Cc1cc(C(=O)N[C@@H](CN2C(=O)COC2=O)c2ccccc2)no1. The predicted octanol–water partition coefficient (Wildman–Crippen LogP) is 1.43. The van der Waals surface area contributed by atoms with Gasteiger partial charge in [-0.1, -0.05) is 35.5 Å². The predicted molar refractivity (Wildman–Crippen MR) is 81.0 cm³/mol. The second-order valence-corrected chi connectivity index (χ2v) is 5.32. The van der Waals surface area contributed by atoms with Crippen LogP contribution in [0.25, 0.3) is 0 Å². The summed E-state index contributed by atoms with van der Waals surface area (Å²) in [6.07, 6.45) is -0.715. The van der Waals surface area contributed by atoms with E-state index in [1.165, 1.54) is 6.07 Å². The molecule has 3 amide bonds. The minimum atomic E-state index is -0.715. The second-order valence-electron chi connectivity index (χ2n) is 5.32. The number of rotatable bonds is 5. The molecule has 1 atom stereocenters. The lowest BCUT2D eigenvalue weighted by Crippen LogP contribution is -2.40. The average molecular weight is 329 g/mol. The van der Waals surface area contributed by atoms with Gasteiger partial charge < -0.3 is 14.6 Å². The fourth-order valence-corrected chi connectivity index (χ4v) is 2.37. The van der Waals surface area contributed by atoms with Crippen molar-refractivity contribution in [1.82, 2.24) is 15.4 Å². The highest BCUT2D eigenvalue weighted by Gasteiger charge is 2.34. The van der Waals surface area contributed by atoms with Gasteiger partial charge in [0, 0.05) is 6.07 Å². The van der Waals surface area contributed by atoms with E-state index in [2.05, 4.69) is 10.5 Å². The zero-order valence-electron chi connectivity index (χ0n) is 12.9. The van der Waals surface area contributed by atoms with Crippen molar-refractivity contribution in [2.75, 3.05) is 13.2 Å². The van der Waals surface area contributed by atoms with E-state index < -0.39 is 23.9 Å². The summed E-state index contributed by atoms with van der Waals surface area (Å²) in [6, 6.07) is 9.95. The maximum atomic E-state index is 12.3. The quantitative estimate of drug-likeness (QED) is 0.890. The van der Waals surface area contributed by atoms with Gasteiger partial charge in [-0.3, -0.25) is 9.59 Å². The highest BCUT2D eigenvalue weighted by Crippen LogP contribution is 2.18. The molecule has 124 valence electrons. The molecule has 0 saturated carbocycles. The molecule has 0 aliphatic carbocycles. The molecule has 1 N–H and O–H groups in total. The van der Waals surface area contributed by atoms with Crippen LogP contribution < -0.4 is 5.32 Å². The zero-order valence-corrected chi connectivity index (χ0v) is 12.9. The number of nitrogens with one attached hydrogen (secondary N) is 1. The topological polar surface area (TPSA) is 102 Å². The molecule has 2 aromatic rings. The number of carbonyl (C=O) groups excluding carboxylic acids is 3. The first-order chi connectivity index (χ1) is 11.5. The molecule has 0 unspecified atom stereocenters. The van der Waals surface area contributed by atoms with Crippen LogP contribution in [0.5, 0.6) is 0 Å². The molecule has 1 saturated heterocycles. The Morgan fingerprint density at radius 3 is 2.67 bits per heavy atom. The van der Waals surface area contributed by atoms with Crippen molar-refractivity contribution in [1.29, 1.82) is 0 Å². The minimum Gasteiger partial charge on any atom is -0.439 e. The van der Waals surface area contributed by atoms with Crippen LogP contribution in [-0.4, -0.2) is 41.1 Å². The lowest BCUT2D eigenvalue weighted by molar-refractivity contribution is -0.126. The normalized spacial score (nSPS) is 15.3. The lowest BCUT2D eigenvalue weighted by Gasteiger charge is -2.22. The summed E-state index contributed by atoms with van der Waals surface area (Å²) in [7, 11) is 0. The van der Waals surface area contributed by atoms with Crippen molar-refractivity contribution in [3.05, 3.63) is 53.4 Å². The highest BCUT2D eigenvalue weighted by atomic mass is 16.6. The van der Waals surface area contributed by atoms with Gasteiger partial charge in [0.2, 0.25) is 0 Å². The van der Waals surface area contributed by atoms with E-state index in [0.29, 0.717) is 5.76 Å². The molecule has 24 heavy (non-hydrogen) atoms. The Hall–Kier alpha value is -3.16. The van der Waals surface area contributed by atoms with Crippen LogP contribution in [0.15, 0.2) is 40.9 Å². The maximum Gasteiger partial charge on any atom is 0.417 e. The van der Waals surface area contributed by atoms with E-state index in [1.807, 2.05) is 6.07 Å². The molecule has 8 nitrogen and oxygen atoms in total.